The summed E-state index contributed by atoms with van der Waals surface area (Å²) in [4.78, 5) is 25.2. The molecule has 0 aliphatic rings. The number of methoxy groups -OCH3 is 2. The summed E-state index contributed by atoms with van der Waals surface area (Å²) in [6, 6.07) is 3.30. The van der Waals surface area contributed by atoms with Crippen LogP contribution < -0.4 is 15.2 Å². The summed E-state index contributed by atoms with van der Waals surface area (Å²) in [6.07, 6.45) is 0.577. The van der Waals surface area contributed by atoms with Gasteiger partial charge in [0.15, 0.2) is 6.29 Å². The Labute approximate surface area is 103 Å². The first-order chi connectivity index (χ1) is 8.62. The topological polar surface area (TPSA) is 94.4 Å². The number of aromatic nitrogens is 1. The van der Waals surface area contributed by atoms with Gasteiger partial charge in [-0.1, -0.05) is 0 Å². The molecular formula is C12H12N2O4. The second kappa shape index (κ2) is 4.40. The van der Waals surface area contributed by atoms with Gasteiger partial charge in [-0.25, -0.2) is 0 Å². The Morgan fingerprint density at radius 2 is 2.06 bits per heavy atom. The minimum absolute atomic E-state index is 0.0616. The maximum atomic E-state index is 11.3. The van der Waals surface area contributed by atoms with E-state index in [0.717, 1.165) is 0 Å². The minimum Gasteiger partial charge on any atom is -0.497 e. The van der Waals surface area contributed by atoms with E-state index in [4.69, 9.17) is 15.2 Å². The van der Waals surface area contributed by atoms with E-state index < -0.39 is 5.91 Å². The van der Waals surface area contributed by atoms with Crippen molar-refractivity contribution in [2.45, 2.75) is 0 Å². The third-order valence-corrected chi connectivity index (χ3v) is 2.69. The molecule has 0 aliphatic carbocycles. The molecule has 18 heavy (non-hydrogen) atoms. The van der Waals surface area contributed by atoms with Gasteiger partial charge in [-0.3, -0.25) is 9.59 Å². The number of carbonyl (C=O) groups is 2. The van der Waals surface area contributed by atoms with Crippen LogP contribution in [-0.4, -0.2) is 31.4 Å². The predicted octanol–water partition coefficient (Wildman–Crippen LogP) is 1.10. The number of hydrogen-bond acceptors (Lipinski definition) is 4. The number of H-pyrrole nitrogens is 1. The molecule has 0 saturated heterocycles. The fourth-order valence-electron chi connectivity index (χ4n) is 1.88. The van der Waals surface area contributed by atoms with Crippen molar-refractivity contribution in [2.24, 2.45) is 5.73 Å². The van der Waals surface area contributed by atoms with Crippen LogP contribution in [0.2, 0.25) is 0 Å². The van der Waals surface area contributed by atoms with Crippen molar-refractivity contribution >= 4 is 23.1 Å². The van der Waals surface area contributed by atoms with Gasteiger partial charge in [-0.2, -0.15) is 0 Å². The van der Waals surface area contributed by atoms with Crippen molar-refractivity contribution < 1.29 is 19.1 Å². The first-order valence-electron chi connectivity index (χ1n) is 5.15. The van der Waals surface area contributed by atoms with Gasteiger partial charge in [0.2, 0.25) is 0 Å². The van der Waals surface area contributed by atoms with Crippen LogP contribution in [0.4, 0.5) is 0 Å². The van der Waals surface area contributed by atoms with Gasteiger partial charge < -0.3 is 20.2 Å². The predicted molar refractivity (Wildman–Crippen MR) is 65.3 cm³/mol. The molecule has 6 nitrogen and oxygen atoms in total. The van der Waals surface area contributed by atoms with Crippen LogP contribution >= 0.6 is 0 Å². The number of fused-ring (bicyclic) bond motifs is 1. The largest absolute Gasteiger partial charge is 0.497 e. The number of aldehydes is 1. The number of hydrogen-bond donors (Lipinski definition) is 2. The lowest BCUT2D eigenvalue weighted by Gasteiger charge is -2.05. The number of primary amides is 1. The summed E-state index contributed by atoms with van der Waals surface area (Å²) in [5.74, 6) is 0.290. The zero-order valence-corrected chi connectivity index (χ0v) is 9.94. The summed E-state index contributed by atoms with van der Waals surface area (Å²) in [5, 5.41) is 0.516. The van der Waals surface area contributed by atoms with Crippen LogP contribution in [0.5, 0.6) is 11.5 Å². The number of rotatable bonds is 4. The van der Waals surface area contributed by atoms with Crippen molar-refractivity contribution in [1.29, 1.82) is 0 Å². The van der Waals surface area contributed by atoms with E-state index in [1.54, 1.807) is 12.1 Å². The molecule has 3 N–H and O–H groups in total. The van der Waals surface area contributed by atoms with Gasteiger partial charge in [-0.05, 0) is 0 Å². The van der Waals surface area contributed by atoms with Gasteiger partial charge in [-0.15, -0.1) is 0 Å². The molecule has 2 rings (SSSR count). The SMILES string of the molecule is COc1cc(OC)c2c(C=O)c(C(N)=O)[nH]c2c1. The Kier molecular flexibility index (Phi) is 2.93. The standard InChI is InChI=1S/C12H12N2O4/c1-17-6-3-8-10(9(4-6)18-2)7(5-15)11(14-8)12(13)16/h3-5,14H,1-2H3,(H2,13,16). The molecule has 2 aromatic rings. The molecule has 0 spiro atoms. The lowest BCUT2D eigenvalue weighted by molar-refractivity contribution is 0.0989. The number of nitrogens with two attached hydrogens (primary N) is 1. The molecule has 0 fully saturated rings. The number of ether oxygens (including phenoxy) is 2. The second-order valence-electron chi connectivity index (χ2n) is 3.65. The molecule has 6 heteroatoms. The van der Waals surface area contributed by atoms with Gasteiger partial charge in [0, 0.05) is 12.1 Å². The average Bonchev–Trinajstić information content (AvgIpc) is 2.75. The van der Waals surface area contributed by atoms with Crippen molar-refractivity contribution in [2.75, 3.05) is 14.2 Å². The third-order valence-electron chi connectivity index (χ3n) is 2.69. The highest BCUT2D eigenvalue weighted by molar-refractivity contribution is 6.11. The van der Waals surface area contributed by atoms with E-state index >= 15 is 0 Å². The van der Waals surface area contributed by atoms with Crippen molar-refractivity contribution in [1.82, 2.24) is 4.98 Å². The molecule has 0 radical (unpaired) electrons. The van der Waals surface area contributed by atoms with Crippen molar-refractivity contribution in [3.05, 3.63) is 23.4 Å². The third kappa shape index (κ3) is 1.67. The Bertz CT molecular complexity index is 631. The van der Waals surface area contributed by atoms with Crippen molar-refractivity contribution in [3.8, 4) is 11.5 Å². The van der Waals surface area contributed by atoms with Crippen LogP contribution in [-0.2, 0) is 0 Å². The van der Waals surface area contributed by atoms with E-state index in [1.807, 2.05) is 0 Å². The van der Waals surface area contributed by atoms with Crippen LogP contribution in [0.15, 0.2) is 12.1 Å². The number of aromatic amines is 1. The van der Waals surface area contributed by atoms with E-state index in [0.29, 0.717) is 28.7 Å². The number of amides is 1. The second-order valence-corrected chi connectivity index (χ2v) is 3.65. The molecule has 1 aromatic carbocycles. The van der Waals surface area contributed by atoms with Gasteiger partial charge in [0.25, 0.3) is 5.91 Å². The summed E-state index contributed by atoms with van der Waals surface area (Å²) in [5.41, 5.74) is 6.03. The van der Waals surface area contributed by atoms with Crippen LogP contribution in [0, 0.1) is 0 Å². The van der Waals surface area contributed by atoms with Crippen LogP contribution in [0.1, 0.15) is 20.8 Å². The minimum atomic E-state index is -0.700. The Balaban J connectivity index is 2.87. The van der Waals surface area contributed by atoms with E-state index in [9.17, 15) is 9.59 Å². The Morgan fingerprint density at radius 1 is 1.33 bits per heavy atom. The fourth-order valence-corrected chi connectivity index (χ4v) is 1.88. The lowest BCUT2D eigenvalue weighted by atomic mass is 10.1. The summed E-state index contributed by atoms with van der Waals surface area (Å²) >= 11 is 0. The average molecular weight is 248 g/mol. The zero-order chi connectivity index (χ0) is 13.3. The summed E-state index contributed by atoms with van der Waals surface area (Å²) in [6.45, 7) is 0. The molecule has 0 aliphatic heterocycles. The molecule has 1 heterocycles. The fraction of sp³-hybridized carbons (Fsp3) is 0.167. The smallest absolute Gasteiger partial charge is 0.265 e. The number of carbonyl (C=O) groups excluding carboxylic acids is 2. The molecule has 1 amide bonds. The first kappa shape index (κ1) is 12.0. The molecular weight excluding hydrogens is 236 g/mol. The quantitative estimate of drug-likeness (QED) is 0.792. The number of benzene rings is 1. The summed E-state index contributed by atoms with van der Waals surface area (Å²) < 4.78 is 10.3. The highest BCUT2D eigenvalue weighted by Crippen LogP contribution is 2.34. The molecule has 0 saturated carbocycles. The van der Waals surface area contributed by atoms with E-state index in [2.05, 4.69) is 4.98 Å². The van der Waals surface area contributed by atoms with Crippen LogP contribution in [0.25, 0.3) is 10.9 Å². The first-order valence-corrected chi connectivity index (χ1v) is 5.15. The molecule has 0 bridgehead atoms. The molecule has 0 unspecified atom stereocenters. The monoisotopic (exact) mass is 248 g/mol. The highest BCUT2D eigenvalue weighted by atomic mass is 16.5. The zero-order valence-electron chi connectivity index (χ0n) is 9.94. The highest BCUT2D eigenvalue weighted by Gasteiger charge is 2.19. The van der Waals surface area contributed by atoms with E-state index in [-0.39, 0.29) is 11.3 Å². The van der Waals surface area contributed by atoms with E-state index in [1.165, 1.54) is 14.2 Å². The lowest BCUT2D eigenvalue weighted by Crippen LogP contribution is -2.13. The maximum Gasteiger partial charge on any atom is 0.265 e. The van der Waals surface area contributed by atoms with Crippen LogP contribution in [0.3, 0.4) is 0 Å². The van der Waals surface area contributed by atoms with Gasteiger partial charge in [0.1, 0.15) is 17.2 Å². The normalized spacial score (nSPS) is 10.3. The number of nitrogens with one attached hydrogen (secondary N) is 1. The Morgan fingerprint density at radius 3 is 2.56 bits per heavy atom. The summed E-state index contributed by atoms with van der Waals surface area (Å²) in [7, 11) is 2.99. The van der Waals surface area contributed by atoms with Crippen molar-refractivity contribution in [3.63, 3.8) is 0 Å². The molecule has 0 atom stereocenters. The van der Waals surface area contributed by atoms with Gasteiger partial charge in [0.05, 0.1) is 30.7 Å². The molecule has 1 aromatic heterocycles. The Hall–Kier alpha value is -2.50. The molecule has 94 valence electrons. The van der Waals surface area contributed by atoms with Gasteiger partial charge >= 0.3 is 0 Å². The maximum absolute atomic E-state index is 11.3.